The Balaban J connectivity index is 1.79. The summed E-state index contributed by atoms with van der Waals surface area (Å²) in [6.45, 7) is 6.20. The highest BCUT2D eigenvalue weighted by Crippen LogP contribution is 2.21. The molecule has 0 saturated heterocycles. The first-order valence-corrected chi connectivity index (χ1v) is 8.05. The molecule has 2 rings (SSSR count). The van der Waals surface area contributed by atoms with Gasteiger partial charge in [0, 0.05) is 16.6 Å². The van der Waals surface area contributed by atoms with E-state index in [0.717, 1.165) is 30.1 Å². The highest BCUT2D eigenvalue weighted by molar-refractivity contribution is 6.35. The lowest BCUT2D eigenvalue weighted by Crippen LogP contribution is -2.16. The maximum Gasteiger partial charge on any atom is 0.0453 e. The SMILES string of the molecule is CC(C)c1ccc(CNCCc2ccc(Cl)cc2Cl)cc1. The largest absolute Gasteiger partial charge is 0.312 e. The van der Waals surface area contributed by atoms with E-state index in [-0.39, 0.29) is 0 Å². The molecule has 0 bridgehead atoms. The van der Waals surface area contributed by atoms with Crippen LogP contribution in [0.1, 0.15) is 36.5 Å². The van der Waals surface area contributed by atoms with Crippen LogP contribution in [0.25, 0.3) is 0 Å². The standard InChI is InChI=1S/C18H21Cl2N/c1-13(2)15-5-3-14(4-6-15)12-21-10-9-16-7-8-17(19)11-18(16)20/h3-8,11,13,21H,9-10,12H2,1-2H3. The zero-order chi connectivity index (χ0) is 15.2. The predicted molar refractivity (Wildman–Crippen MR) is 92.4 cm³/mol. The molecule has 0 radical (unpaired) electrons. The molecule has 0 aliphatic heterocycles. The molecule has 0 aromatic heterocycles. The fraction of sp³-hybridized carbons (Fsp3) is 0.333. The molecular formula is C18H21Cl2N. The number of rotatable bonds is 6. The van der Waals surface area contributed by atoms with E-state index >= 15 is 0 Å². The lowest BCUT2D eigenvalue weighted by atomic mass is 10.0. The molecule has 0 heterocycles. The summed E-state index contributed by atoms with van der Waals surface area (Å²) >= 11 is 12.1. The van der Waals surface area contributed by atoms with E-state index in [2.05, 4.69) is 43.4 Å². The van der Waals surface area contributed by atoms with Crippen LogP contribution in [0.4, 0.5) is 0 Å². The minimum atomic E-state index is 0.582. The summed E-state index contributed by atoms with van der Waals surface area (Å²) in [6.07, 6.45) is 0.903. The molecule has 0 fully saturated rings. The zero-order valence-electron chi connectivity index (χ0n) is 12.5. The Morgan fingerprint density at radius 3 is 2.33 bits per heavy atom. The van der Waals surface area contributed by atoms with Gasteiger partial charge in [0.15, 0.2) is 0 Å². The van der Waals surface area contributed by atoms with Crippen molar-refractivity contribution in [1.82, 2.24) is 5.32 Å². The average Bonchev–Trinajstić information content (AvgIpc) is 2.46. The molecule has 1 N–H and O–H groups in total. The smallest absolute Gasteiger partial charge is 0.0453 e. The minimum absolute atomic E-state index is 0.582. The first kappa shape index (κ1) is 16.4. The maximum atomic E-state index is 6.16. The summed E-state index contributed by atoms with van der Waals surface area (Å²) in [5, 5.41) is 4.87. The summed E-state index contributed by atoms with van der Waals surface area (Å²) < 4.78 is 0. The summed E-state index contributed by atoms with van der Waals surface area (Å²) in [5.41, 5.74) is 3.82. The minimum Gasteiger partial charge on any atom is -0.312 e. The Morgan fingerprint density at radius 1 is 1.00 bits per heavy atom. The molecular weight excluding hydrogens is 301 g/mol. The van der Waals surface area contributed by atoms with Gasteiger partial charge in [0.25, 0.3) is 0 Å². The van der Waals surface area contributed by atoms with Crippen molar-refractivity contribution in [1.29, 1.82) is 0 Å². The van der Waals surface area contributed by atoms with Crippen molar-refractivity contribution >= 4 is 23.2 Å². The maximum absolute atomic E-state index is 6.16. The molecule has 0 amide bonds. The van der Waals surface area contributed by atoms with E-state index in [0.29, 0.717) is 10.9 Å². The van der Waals surface area contributed by atoms with Gasteiger partial charge in [0.2, 0.25) is 0 Å². The predicted octanol–water partition coefficient (Wildman–Crippen LogP) is 5.45. The lowest BCUT2D eigenvalue weighted by Gasteiger charge is -2.09. The Kier molecular flexibility index (Phi) is 6.10. The van der Waals surface area contributed by atoms with Gasteiger partial charge in [-0.15, -0.1) is 0 Å². The Morgan fingerprint density at radius 2 is 1.71 bits per heavy atom. The normalized spacial score (nSPS) is 11.1. The fourth-order valence-electron chi connectivity index (χ4n) is 2.20. The van der Waals surface area contributed by atoms with E-state index < -0.39 is 0 Å². The molecule has 3 heteroatoms. The van der Waals surface area contributed by atoms with Crippen LogP contribution in [0, 0.1) is 0 Å². The van der Waals surface area contributed by atoms with Crippen molar-refractivity contribution in [2.24, 2.45) is 0 Å². The van der Waals surface area contributed by atoms with Crippen LogP contribution in [0.3, 0.4) is 0 Å². The van der Waals surface area contributed by atoms with Crippen LogP contribution in [-0.4, -0.2) is 6.54 Å². The molecule has 112 valence electrons. The van der Waals surface area contributed by atoms with Crippen LogP contribution in [0.15, 0.2) is 42.5 Å². The summed E-state index contributed by atoms with van der Waals surface area (Å²) in [5.74, 6) is 0.582. The van der Waals surface area contributed by atoms with Crippen molar-refractivity contribution in [3.8, 4) is 0 Å². The van der Waals surface area contributed by atoms with E-state index in [9.17, 15) is 0 Å². The first-order valence-electron chi connectivity index (χ1n) is 7.29. The number of halogens is 2. The van der Waals surface area contributed by atoms with Gasteiger partial charge in [-0.1, -0.05) is 67.4 Å². The third-order valence-electron chi connectivity index (χ3n) is 3.56. The summed E-state index contributed by atoms with van der Waals surface area (Å²) in [7, 11) is 0. The van der Waals surface area contributed by atoms with E-state index in [4.69, 9.17) is 23.2 Å². The monoisotopic (exact) mass is 321 g/mol. The van der Waals surface area contributed by atoms with Gasteiger partial charge in [-0.05, 0) is 47.7 Å². The second-order valence-corrected chi connectivity index (χ2v) is 6.40. The van der Waals surface area contributed by atoms with Crippen molar-refractivity contribution in [2.75, 3.05) is 6.54 Å². The Bertz CT molecular complexity index is 576. The number of nitrogens with one attached hydrogen (secondary N) is 1. The highest BCUT2D eigenvalue weighted by atomic mass is 35.5. The van der Waals surface area contributed by atoms with Crippen molar-refractivity contribution in [3.05, 3.63) is 69.2 Å². The summed E-state index contributed by atoms with van der Waals surface area (Å²) in [4.78, 5) is 0. The van der Waals surface area contributed by atoms with Gasteiger partial charge in [0.05, 0.1) is 0 Å². The van der Waals surface area contributed by atoms with Crippen LogP contribution in [0.5, 0.6) is 0 Å². The molecule has 0 spiro atoms. The fourth-order valence-corrected chi connectivity index (χ4v) is 2.70. The van der Waals surface area contributed by atoms with Crippen molar-refractivity contribution < 1.29 is 0 Å². The van der Waals surface area contributed by atoms with Crippen molar-refractivity contribution in [3.63, 3.8) is 0 Å². The van der Waals surface area contributed by atoms with Crippen LogP contribution >= 0.6 is 23.2 Å². The molecule has 0 saturated carbocycles. The number of hydrogen-bond donors (Lipinski definition) is 1. The molecule has 1 nitrogen and oxygen atoms in total. The second kappa shape index (κ2) is 7.84. The van der Waals surface area contributed by atoms with Crippen LogP contribution in [0.2, 0.25) is 10.0 Å². The van der Waals surface area contributed by atoms with Gasteiger partial charge >= 0.3 is 0 Å². The first-order chi connectivity index (χ1) is 10.1. The van der Waals surface area contributed by atoms with E-state index in [1.807, 2.05) is 12.1 Å². The molecule has 2 aromatic rings. The molecule has 0 aliphatic carbocycles. The van der Waals surface area contributed by atoms with Gasteiger partial charge in [0.1, 0.15) is 0 Å². The van der Waals surface area contributed by atoms with Crippen LogP contribution < -0.4 is 5.32 Å². The average molecular weight is 322 g/mol. The number of hydrogen-bond acceptors (Lipinski definition) is 1. The van der Waals surface area contributed by atoms with Gasteiger partial charge in [-0.3, -0.25) is 0 Å². The third-order valence-corrected chi connectivity index (χ3v) is 4.15. The van der Waals surface area contributed by atoms with Crippen molar-refractivity contribution in [2.45, 2.75) is 32.7 Å². The van der Waals surface area contributed by atoms with Gasteiger partial charge < -0.3 is 5.32 Å². The topological polar surface area (TPSA) is 12.0 Å². The molecule has 2 aromatic carbocycles. The Hall–Kier alpha value is -1.02. The zero-order valence-corrected chi connectivity index (χ0v) is 14.0. The summed E-state index contributed by atoms with van der Waals surface area (Å²) in [6, 6.07) is 14.5. The number of benzene rings is 2. The van der Waals surface area contributed by atoms with E-state index in [1.165, 1.54) is 11.1 Å². The second-order valence-electron chi connectivity index (χ2n) is 5.56. The molecule has 0 unspecified atom stereocenters. The lowest BCUT2D eigenvalue weighted by molar-refractivity contribution is 0.686. The molecule has 0 atom stereocenters. The quantitative estimate of drug-likeness (QED) is 0.697. The molecule has 21 heavy (non-hydrogen) atoms. The third kappa shape index (κ3) is 5.03. The highest BCUT2D eigenvalue weighted by Gasteiger charge is 2.02. The van der Waals surface area contributed by atoms with E-state index in [1.54, 1.807) is 6.07 Å². The molecule has 0 aliphatic rings. The van der Waals surface area contributed by atoms with Crippen LogP contribution in [-0.2, 0) is 13.0 Å². The van der Waals surface area contributed by atoms with Gasteiger partial charge in [-0.25, -0.2) is 0 Å². The Labute approximate surface area is 137 Å². The van der Waals surface area contributed by atoms with Gasteiger partial charge in [-0.2, -0.15) is 0 Å².